The fourth-order valence-corrected chi connectivity index (χ4v) is 4.60. The minimum atomic E-state index is -3.24. The minimum Gasteiger partial charge on any atom is -0.490 e. The van der Waals surface area contributed by atoms with Crippen LogP contribution in [0.25, 0.3) is 0 Å². The number of hydrogen-bond acceptors (Lipinski definition) is 7. The number of nitrogens with zero attached hydrogens (tertiary/aromatic N) is 3. The van der Waals surface area contributed by atoms with Gasteiger partial charge in [-0.1, -0.05) is 25.1 Å². The van der Waals surface area contributed by atoms with Crippen LogP contribution in [-0.4, -0.2) is 44.0 Å². The molecule has 0 N–H and O–H groups in total. The molecule has 0 spiro atoms. The third-order valence-electron chi connectivity index (χ3n) is 5.81. The molecule has 1 unspecified atom stereocenters. The number of piperidine rings is 1. The molecule has 7 nitrogen and oxygen atoms in total. The van der Waals surface area contributed by atoms with Gasteiger partial charge >= 0.3 is 6.01 Å². The van der Waals surface area contributed by atoms with Gasteiger partial charge in [-0.05, 0) is 55.7 Å². The van der Waals surface area contributed by atoms with Crippen LogP contribution in [-0.2, 0) is 9.84 Å². The number of aromatic nitrogens is 2. The smallest absolute Gasteiger partial charge is 0.324 e. The Bertz CT molecular complexity index is 944. The Balaban J connectivity index is 1.42. The van der Waals surface area contributed by atoms with Gasteiger partial charge in [0.05, 0.1) is 4.90 Å². The normalized spacial score (nSPS) is 19.5. The third kappa shape index (κ3) is 4.74. The molecule has 1 saturated carbocycles. The van der Waals surface area contributed by atoms with Crippen molar-refractivity contribution in [2.45, 2.75) is 56.4 Å². The molecule has 29 heavy (non-hydrogen) atoms. The van der Waals surface area contributed by atoms with E-state index in [4.69, 9.17) is 9.26 Å². The summed E-state index contributed by atoms with van der Waals surface area (Å²) >= 11 is 0. The van der Waals surface area contributed by atoms with Crippen LogP contribution in [0.5, 0.6) is 5.75 Å². The molecule has 0 amide bonds. The number of hydrogen-bond donors (Lipinski definition) is 0. The van der Waals surface area contributed by atoms with Crippen molar-refractivity contribution in [3.63, 3.8) is 0 Å². The second kappa shape index (κ2) is 7.97. The van der Waals surface area contributed by atoms with E-state index in [0.29, 0.717) is 28.5 Å². The van der Waals surface area contributed by atoms with Crippen molar-refractivity contribution < 1.29 is 17.7 Å². The molecule has 1 saturated heterocycles. The molecule has 1 aromatic carbocycles. The van der Waals surface area contributed by atoms with Crippen LogP contribution in [0.2, 0.25) is 0 Å². The molecule has 2 aliphatic rings. The van der Waals surface area contributed by atoms with Crippen LogP contribution >= 0.6 is 0 Å². The van der Waals surface area contributed by atoms with E-state index in [1.807, 2.05) is 6.07 Å². The molecular formula is C21H29N3O4S. The second-order valence-electron chi connectivity index (χ2n) is 8.58. The molecule has 8 heteroatoms. The molecule has 1 aliphatic heterocycles. The van der Waals surface area contributed by atoms with Crippen molar-refractivity contribution in [1.29, 1.82) is 0 Å². The van der Waals surface area contributed by atoms with E-state index in [-0.39, 0.29) is 12.0 Å². The summed E-state index contributed by atoms with van der Waals surface area (Å²) in [5.41, 5.74) is 0. The lowest BCUT2D eigenvalue weighted by molar-refractivity contribution is 0.0953. The molecule has 1 aliphatic carbocycles. The predicted molar refractivity (Wildman–Crippen MR) is 110 cm³/mol. The van der Waals surface area contributed by atoms with Gasteiger partial charge in [0, 0.05) is 25.3 Å². The highest BCUT2D eigenvalue weighted by atomic mass is 32.2. The van der Waals surface area contributed by atoms with E-state index in [0.717, 1.165) is 31.8 Å². The summed E-state index contributed by atoms with van der Waals surface area (Å²) in [6, 6.07) is 7.47. The van der Waals surface area contributed by atoms with E-state index in [1.54, 1.807) is 18.2 Å². The summed E-state index contributed by atoms with van der Waals surface area (Å²) in [6.07, 6.45) is 5.69. The van der Waals surface area contributed by atoms with Crippen molar-refractivity contribution in [3.05, 3.63) is 30.1 Å². The van der Waals surface area contributed by atoms with E-state index in [2.05, 4.69) is 28.9 Å². The van der Waals surface area contributed by atoms with Crippen LogP contribution in [0.1, 0.15) is 51.3 Å². The maximum absolute atomic E-state index is 11.9. The molecule has 0 bridgehead atoms. The van der Waals surface area contributed by atoms with Gasteiger partial charge in [0.25, 0.3) is 0 Å². The molecule has 2 heterocycles. The highest BCUT2D eigenvalue weighted by Crippen LogP contribution is 2.41. The zero-order valence-electron chi connectivity index (χ0n) is 17.2. The Hall–Kier alpha value is -2.09. The fraction of sp³-hybridized carbons (Fsp3) is 0.619. The summed E-state index contributed by atoms with van der Waals surface area (Å²) in [5.74, 6) is 2.63. The van der Waals surface area contributed by atoms with Gasteiger partial charge < -0.3 is 14.2 Å². The summed E-state index contributed by atoms with van der Waals surface area (Å²) in [5, 5.41) is 4.07. The number of rotatable bonds is 7. The number of anilines is 1. The molecular weight excluding hydrogens is 390 g/mol. The standard InChI is InChI=1S/C21H29N3O4S/c1-14(2)20-22-21(28-23-20)24-11-9-16(10-12-24)19(15-7-8-15)27-17-5-4-6-18(13-17)29(3,25)26/h4-6,13-16,19H,7-12H2,1-3H3. The average molecular weight is 420 g/mol. The van der Waals surface area contributed by atoms with Gasteiger partial charge in [-0.2, -0.15) is 4.98 Å². The minimum absolute atomic E-state index is 0.126. The Kier molecular flexibility index (Phi) is 5.55. The van der Waals surface area contributed by atoms with E-state index >= 15 is 0 Å². The largest absolute Gasteiger partial charge is 0.490 e. The SMILES string of the molecule is CC(C)c1noc(N2CCC(C(Oc3cccc(S(C)(=O)=O)c3)C3CC3)CC2)n1. The molecule has 0 radical (unpaired) electrons. The molecule has 1 atom stereocenters. The van der Waals surface area contributed by atoms with Gasteiger partial charge in [0.1, 0.15) is 11.9 Å². The second-order valence-corrected chi connectivity index (χ2v) is 10.6. The quantitative estimate of drug-likeness (QED) is 0.677. The van der Waals surface area contributed by atoms with Crippen molar-refractivity contribution >= 4 is 15.9 Å². The monoisotopic (exact) mass is 419 g/mol. The van der Waals surface area contributed by atoms with Crippen molar-refractivity contribution in [2.75, 3.05) is 24.2 Å². The lowest BCUT2D eigenvalue weighted by atomic mass is 9.88. The van der Waals surface area contributed by atoms with Crippen LogP contribution in [0.15, 0.2) is 33.7 Å². The maximum atomic E-state index is 11.9. The van der Waals surface area contributed by atoms with Crippen LogP contribution in [0.4, 0.5) is 6.01 Å². The number of benzene rings is 1. The number of ether oxygens (including phenoxy) is 1. The Morgan fingerprint density at radius 1 is 1.14 bits per heavy atom. The number of sulfone groups is 1. The Morgan fingerprint density at radius 2 is 1.83 bits per heavy atom. The molecule has 1 aromatic heterocycles. The molecule has 2 fully saturated rings. The van der Waals surface area contributed by atoms with Crippen molar-refractivity contribution in [2.24, 2.45) is 11.8 Å². The Morgan fingerprint density at radius 3 is 2.41 bits per heavy atom. The summed E-state index contributed by atoms with van der Waals surface area (Å²) in [4.78, 5) is 6.97. The summed E-state index contributed by atoms with van der Waals surface area (Å²) in [6.45, 7) is 5.83. The van der Waals surface area contributed by atoms with Crippen LogP contribution in [0.3, 0.4) is 0 Å². The Labute approximate surface area is 172 Å². The highest BCUT2D eigenvalue weighted by Gasteiger charge is 2.40. The first-order valence-corrected chi connectivity index (χ1v) is 12.3. The van der Waals surface area contributed by atoms with Gasteiger partial charge in [-0.15, -0.1) is 0 Å². The van der Waals surface area contributed by atoms with Gasteiger partial charge in [-0.3, -0.25) is 0 Å². The van der Waals surface area contributed by atoms with Gasteiger partial charge in [0.2, 0.25) is 0 Å². The first-order chi connectivity index (χ1) is 13.8. The topological polar surface area (TPSA) is 85.5 Å². The first kappa shape index (κ1) is 20.2. The van der Waals surface area contributed by atoms with E-state index in [9.17, 15) is 8.42 Å². The predicted octanol–water partition coefficient (Wildman–Crippen LogP) is 3.67. The lowest BCUT2D eigenvalue weighted by Gasteiger charge is -2.35. The molecule has 4 rings (SSSR count). The molecule has 158 valence electrons. The zero-order chi connectivity index (χ0) is 20.6. The first-order valence-electron chi connectivity index (χ1n) is 10.4. The van der Waals surface area contributed by atoms with Crippen molar-refractivity contribution in [1.82, 2.24) is 10.1 Å². The average Bonchev–Trinajstić information content (AvgIpc) is 3.41. The van der Waals surface area contributed by atoms with Crippen LogP contribution in [0, 0.1) is 11.8 Å². The van der Waals surface area contributed by atoms with E-state index in [1.165, 1.54) is 19.1 Å². The summed E-state index contributed by atoms with van der Waals surface area (Å²) < 4.78 is 35.5. The lowest BCUT2D eigenvalue weighted by Crippen LogP contribution is -2.40. The van der Waals surface area contributed by atoms with Gasteiger partial charge in [-0.25, -0.2) is 8.42 Å². The van der Waals surface area contributed by atoms with Gasteiger partial charge in [0.15, 0.2) is 15.7 Å². The highest BCUT2D eigenvalue weighted by molar-refractivity contribution is 7.90. The third-order valence-corrected chi connectivity index (χ3v) is 6.92. The summed E-state index contributed by atoms with van der Waals surface area (Å²) in [7, 11) is -3.24. The maximum Gasteiger partial charge on any atom is 0.324 e. The molecule has 2 aromatic rings. The zero-order valence-corrected chi connectivity index (χ0v) is 18.1. The van der Waals surface area contributed by atoms with E-state index < -0.39 is 9.84 Å². The van der Waals surface area contributed by atoms with Crippen molar-refractivity contribution in [3.8, 4) is 5.75 Å². The fourth-order valence-electron chi connectivity index (χ4n) is 3.95. The van der Waals surface area contributed by atoms with Crippen LogP contribution < -0.4 is 9.64 Å².